The SMILES string of the molecule is CC1(C)c2ccc3c(oc4ccccc43)c2-n2c3ccc(-c4ccc5oc6ccc(-n7c8ccccc8c8ccccc87)cc6c5c4)cc3c3cccc1c32. The Morgan fingerprint density at radius 2 is 1.02 bits per heavy atom. The Morgan fingerprint density at radius 3 is 1.82 bits per heavy atom. The first-order valence-electron chi connectivity index (χ1n) is 19.0. The average Bonchev–Trinajstić information content (AvgIpc) is 3.97. The fourth-order valence-corrected chi connectivity index (χ4v) is 9.92. The highest BCUT2D eigenvalue weighted by Crippen LogP contribution is 2.51. The van der Waals surface area contributed by atoms with E-state index in [1.54, 1.807) is 0 Å². The van der Waals surface area contributed by atoms with Gasteiger partial charge in [0.15, 0.2) is 5.58 Å². The summed E-state index contributed by atoms with van der Waals surface area (Å²) in [5.41, 5.74) is 15.5. The Morgan fingerprint density at radius 1 is 0.400 bits per heavy atom. The maximum atomic E-state index is 6.71. The first kappa shape index (κ1) is 29.4. The van der Waals surface area contributed by atoms with Crippen LogP contribution in [0.2, 0.25) is 0 Å². The van der Waals surface area contributed by atoms with Gasteiger partial charge in [-0.15, -0.1) is 0 Å². The minimum Gasteiger partial charge on any atom is -0.456 e. The molecule has 12 aromatic rings. The van der Waals surface area contributed by atoms with Gasteiger partial charge in [-0.1, -0.05) is 111 Å². The minimum absolute atomic E-state index is 0.208. The van der Waals surface area contributed by atoms with Gasteiger partial charge in [-0.3, -0.25) is 0 Å². The molecule has 0 saturated carbocycles. The zero-order chi connectivity index (χ0) is 36.2. The largest absolute Gasteiger partial charge is 0.456 e. The van der Waals surface area contributed by atoms with Crippen LogP contribution in [0.5, 0.6) is 0 Å². The van der Waals surface area contributed by atoms with Gasteiger partial charge >= 0.3 is 0 Å². The van der Waals surface area contributed by atoms with E-state index in [0.29, 0.717) is 0 Å². The van der Waals surface area contributed by atoms with Crippen molar-refractivity contribution >= 4 is 87.5 Å². The monoisotopic (exact) mass is 704 g/mol. The highest BCUT2D eigenvalue weighted by atomic mass is 16.3. The first-order valence-corrected chi connectivity index (χ1v) is 19.0. The second-order valence-corrected chi connectivity index (χ2v) is 15.7. The van der Waals surface area contributed by atoms with E-state index in [0.717, 1.165) is 60.8 Å². The van der Waals surface area contributed by atoms with Crippen LogP contribution >= 0.6 is 0 Å². The minimum atomic E-state index is -0.208. The highest BCUT2D eigenvalue weighted by molar-refractivity contribution is 6.16. The third-order valence-electron chi connectivity index (χ3n) is 12.5. The van der Waals surface area contributed by atoms with Gasteiger partial charge in [-0.25, -0.2) is 0 Å². The van der Waals surface area contributed by atoms with Crippen LogP contribution < -0.4 is 0 Å². The van der Waals surface area contributed by atoms with Gasteiger partial charge in [0.1, 0.15) is 16.7 Å². The Hall–Kier alpha value is -7.04. The lowest BCUT2D eigenvalue weighted by Crippen LogP contribution is -2.26. The second kappa shape index (κ2) is 10.1. The molecule has 4 nitrogen and oxygen atoms in total. The Labute approximate surface area is 315 Å². The summed E-state index contributed by atoms with van der Waals surface area (Å²) >= 11 is 0. The molecule has 4 heteroatoms. The second-order valence-electron chi connectivity index (χ2n) is 15.7. The summed E-state index contributed by atoms with van der Waals surface area (Å²) < 4.78 is 18.0. The van der Waals surface area contributed by atoms with Gasteiger partial charge in [-0.05, 0) is 82.9 Å². The maximum Gasteiger partial charge on any atom is 0.159 e. The van der Waals surface area contributed by atoms with E-state index in [-0.39, 0.29) is 5.41 Å². The quantitative estimate of drug-likeness (QED) is 0.180. The summed E-state index contributed by atoms with van der Waals surface area (Å²) in [4.78, 5) is 0. The fourth-order valence-electron chi connectivity index (χ4n) is 9.92. The fraction of sp³-hybridized carbons (Fsp3) is 0.0588. The molecule has 55 heavy (non-hydrogen) atoms. The number of benzene rings is 8. The molecule has 13 rings (SSSR count). The van der Waals surface area contributed by atoms with Crippen molar-refractivity contribution in [3.8, 4) is 22.5 Å². The molecule has 8 aromatic carbocycles. The van der Waals surface area contributed by atoms with Crippen LogP contribution in [-0.2, 0) is 5.41 Å². The van der Waals surface area contributed by atoms with Crippen LogP contribution in [0.1, 0.15) is 25.0 Å². The number of fused-ring (bicyclic) bond motifs is 15. The number of furan rings is 2. The summed E-state index contributed by atoms with van der Waals surface area (Å²) in [7, 11) is 0. The normalized spacial score (nSPS) is 13.8. The van der Waals surface area contributed by atoms with E-state index in [1.807, 2.05) is 0 Å². The zero-order valence-electron chi connectivity index (χ0n) is 30.2. The number of aromatic nitrogens is 2. The van der Waals surface area contributed by atoms with Crippen LogP contribution in [0, 0.1) is 0 Å². The predicted octanol–water partition coefficient (Wildman–Crippen LogP) is 14.0. The summed E-state index contributed by atoms with van der Waals surface area (Å²) in [6.07, 6.45) is 0. The summed E-state index contributed by atoms with van der Waals surface area (Å²) in [5, 5.41) is 9.52. The molecule has 0 unspecified atom stereocenters. The lowest BCUT2D eigenvalue weighted by molar-refractivity contribution is 0.620. The van der Waals surface area contributed by atoms with Gasteiger partial charge < -0.3 is 18.0 Å². The number of hydrogen-bond donors (Lipinski definition) is 0. The van der Waals surface area contributed by atoms with Crippen LogP contribution in [0.25, 0.3) is 110 Å². The highest BCUT2D eigenvalue weighted by Gasteiger charge is 2.37. The predicted molar refractivity (Wildman–Crippen MR) is 227 cm³/mol. The average molecular weight is 705 g/mol. The molecule has 1 aliphatic rings. The van der Waals surface area contributed by atoms with E-state index >= 15 is 0 Å². The molecule has 0 radical (unpaired) electrons. The molecule has 0 atom stereocenters. The van der Waals surface area contributed by atoms with Crippen molar-refractivity contribution in [1.29, 1.82) is 0 Å². The molecule has 0 spiro atoms. The summed E-state index contributed by atoms with van der Waals surface area (Å²) in [6, 6.07) is 57.2. The van der Waals surface area contributed by atoms with E-state index < -0.39 is 0 Å². The molecule has 5 heterocycles. The van der Waals surface area contributed by atoms with Gasteiger partial charge in [0.25, 0.3) is 0 Å². The Bertz CT molecular complexity index is 3590. The molecule has 4 aromatic heterocycles. The van der Waals surface area contributed by atoms with E-state index in [2.05, 4.69) is 181 Å². The Balaban J connectivity index is 1.02. The van der Waals surface area contributed by atoms with E-state index in [9.17, 15) is 0 Å². The zero-order valence-corrected chi connectivity index (χ0v) is 30.2. The van der Waals surface area contributed by atoms with Crippen molar-refractivity contribution in [1.82, 2.24) is 9.13 Å². The van der Waals surface area contributed by atoms with Crippen molar-refractivity contribution in [2.45, 2.75) is 19.3 Å². The summed E-state index contributed by atoms with van der Waals surface area (Å²) in [6.45, 7) is 4.69. The third-order valence-corrected chi connectivity index (χ3v) is 12.5. The van der Waals surface area contributed by atoms with Gasteiger partial charge in [0, 0.05) is 54.2 Å². The Kier molecular flexibility index (Phi) is 5.42. The topological polar surface area (TPSA) is 36.1 Å². The third kappa shape index (κ3) is 3.71. The molecule has 258 valence electrons. The number of nitrogens with zero attached hydrogens (tertiary/aromatic N) is 2. The maximum absolute atomic E-state index is 6.71. The molecule has 0 saturated heterocycles. The first-order chi connectivity index (χ1) is 27.0. The van der Waals surface area contributed by atoms with Crippen LogP contribution in [0.4, 0.5) is 0 Å². The smallest absolute Gasteiger partial charge is 0.159 e. The number of rotatable bonds is 2. The molecular formula is C51H32N2O2. The number of para-hydroxylation sites is 4. The van der Waals surface area contributed by atoms with Crippen molar-refractivity contribution in [3.63, 3.8) is 0 Å². The molecule has 0 N–H and O–H groups in total. The molecule has 0 aliphatic carbocycles. The van der Waals surface area contributed by atoms with Gasteiger partial charge in [0.05, 0.1) is 27.8 Å². The van der Waals surface area contributed by atoms with Crippen LogP contribution in [-0.4, -0.2) is 9.13 Å². The van der Waals surface area contributed by atoms with Crippen molar-refractivity contribution in [2.75, 3.05) is 0 Å². The molecule has 0 amide bonds. The van der Waals surface area contributed by atoms with Crippen LogP contribution in [0.15, 0.2) is 167 Å². The standard InChI is InChI=1S/C51H32N2O2/c1-51(2)40-14-9-13-35-37-26-29(18-23-44(37)53(48(35)40)49-41(51)22-21-36-34-12-5-8-17-45(34)55-50(36)49)30-19-24-46-38(27-30)39-28-31(20-25-47(39)54-46)52-42-15-6-3-10-32(42)33-11-4-7-16-43(33)52/h3-28H,1-2H3. The van der Waals surface area contributed by atoms with Crippen LogP contribution in [0.3, 0.4) is 0 Å². The number of hydrogen-bond acceptors (Lipinski definition) is 2. The van der Waals surface area contributed by atoms with Gasteiger partial charge in [-0.2, -0.15) is 0 Å². The lowest BCUT2D eigenvalue weighted by Gasteiger charge is -2.34. The van der Waals surface area contributed by atoms with Gasteiger partial charge in [0.2, 0.25) is 0 Å². The van der Waals surface area contributed by atoms with Crippen molar-refractivity contribution < 1.29 is 8.83 Å². The molecule has 1 aliphatic heterocycles. The van der Waals surface area contributed by atoms with Crippen molar-refractivity contribution in [2.24, 2.45) is 0 Å². The lowest BCUT2D eigenvalue weighted by atomic mass is 9.74. The molecule has 0 bridgehead atoms. The van der Waals surface area contributed by atoms with E-state index in [4.69, 9.17) is 8.83 Å². The van der Waals surface area contributed by atoms with Crippen molar-refractivity contribution in [3.05, 3.63) is 169 Å². The molecular weight excluding hydrogens is 673 g/mol. The molecule has 0 fully saturated rings. The summed E-state index contributed by atoms with van der Waals surface area (Å²) in [5.74, 6) is 0. The van der Waals surface area contributed by atoms with E-state index in [1.165, 1.54) is 60.3 Å².